The first kappa shape index (κ1) is 10.6. The third-order valence-electron chi connectivity index (χ3n) is 3.26. The number of benzene rings is 1. The molecule has 1 saturated heterocycles. The topological polar surface area (TPSA) is 47.6 Å². The molecular formula is C13H15NO3. The van der Waals surface area contributed by atoms with Gasteiger partial charge in [0.2, 0.25) is 6.79 Å². The van der Waals surface area contributed by atoms with Gasteiger partial charge in [-0.05, 0) is 37.1 Å². The zero-order valence-electron chi connectivity index (χ0n) is 9.57. The molecule has 4 heteroatoms. The Labute approximate surface area is 99.9 Å². The predicted octanol–water partition coefficient (Wildman–Crippen LogP) is 1.28. The molecule has 1 fully saturated rings. The van der Waals surface area contributed by atoms with Crippen molar-refractivity contribution in [2.45, 2.75) is 25.3 Å². The lowest BCUT2D eigenvalue weighted by molar-refractivity contribution is -0.120. The third kappa shape index (κ3) is 2.13. The number of nitrogens with one attached hydrogen (secondary N) is 1. The molecule has 2 aliphatic rings. The highest BCUT2D eigenvalue weighted by Gasteiger charge is 2.22. The van der Waals surface area contributed by atoms with E-state index in [1.165, 1.54) is 0 Å². The monoisotopic (exact) mass is 233 g/mol. The molecule has 0 bridgehead atoms. The number of Topliss-reactive ketones (excluding diaryl/α,β-unsaturated/α-hetero) is 1. The average Bonchev–Trinajstić information content (AvgIpc) is 2.99. The molecule has 1 unspecified atom stereocenters. The molecule has 0 spiro atoms. The van der Waals surface area contributed by atoms with E-state index in [4.69, 9.17) is 9.47 Å². The van der Waals surface area contributed by atoms with Gasteiger partial charge >= 0.3 is 0 Å². The van der Waals surface area contributed by atoms with E-state index >= 15 is 0 Å². The smallest absolute Gasteiger partial charge is 0.231 e. The van der Waals surface area contributed by atoms with Gasteiger partial charge in [0, 0.05) is 6.42 Å². The van der Waals surface area contributed by atoms with Crippen LogP contribution in [0.25, 0.3) is 0 Å². The Morgan fingerprint density at radius 3 is 3.06 bits per heavy atom. The fourth-order valence-electron chi connectivity index (χ4n) is 2.33. The van der Waals surface area contributed by atoms with Gasteiger partial charge in [-0.2, -0.15) is 0 Å². The number of ketones is 1. The first-order valence-corrected chi connectivity index (χ1v) is 5.97. The fraction of sp³-hybridized carbons (Fsp3) is 0.462. The summed E-state index contributed by atoms with van der Waals surface area (Å²) in [6, 6.07) is 5.74. The molecule has 1 aromatic rings. The summed E-state index contributed by atoms with van der Waals surface area (Å²) in [5.74, 6) is 1.77. The highest BCUT2D eigenvalue weighted by atomic mass is 16.7. The van der Waals surface area contributed by atoms with Gasteiger partial charge in [-0.3, -0.25) is 4.79 Å². The minimum atomic E-state index is 0.0421. The van der Waals surface area contributed by atoms with Gasteiger partial charge in [0.05, 0.1) is 6.04 Å². The number of fused-ring (bicyclic) bond motifs is 1. The average molecular weight is 233 g/mol. The number of hydrogen-bond acceptors (Lipinski definition) is 4. The van der Waals surface area contributed by atoms with Gasteiger partial charge in [0.1, 0.15) is 0 Å². The Bertz CT molecular complexity index is 438. The van der Waals surface area contributed by atoms with Gasteiger partial charge in [0.25, 0.3) is 0 Å². The van der Waals surface area contributed by atoms with Crippen LogP contribution in [0.2, 0.25) is 0 Å². The second-order valence-electron chi connectivity index (χ2n) is 4.48. The van der Waals surface area contributed by atoms with Crippen LogP contribution in [0.15, 0.2) is 18.2 Å². The van der Waals surface area contributed by atoms with Crippen LogP contribution in [0.1, 0.15) is 18.4 Å². The van der Waals surface area contributed by atoms with Gasteiger partial charge in [0.15, 0.2) is 17.3 Å². The Balaban J connectivity index is 1.70. The molecule has 4 nitrogen and oxygen atoms in total. The maximum Gasteiger partial charge on any atom is 0.231 e. The summed E-state index contributed by atoms with van der Waals surface area (Å²) in [6.07, 6.45) is 2.52. The Morgan fingerprint density at radius 1 is 1.35 bits per heavy atom. The van der Waals surface area contributed by atoms with Crippen molar-refractivity contribution in [1.82, 2.24) is 5.32 Å². The Hall–Kier alpha value is -1.55. The largest absolute Gasteiger partial charge is 0.454 e. The van der Waals surface area contributed by atoms with E-state index in [-0.39, 0.29) is 18.6 Å². The van der Waals surface area contributed by atoms with Crippen LogP contribution in [0.5, 0.6) is 11.5 Å². The summed E-state index contributed by atoms with van der Waals surface area (Å²) in [4.78, 5) is 12.0. The van der Waals surface area contributed by atoms with Gasteiger partial charge in [-0.25, -0.2) is 0 Å². The molecule has 1 N–H and O–H groups in total. The molecule has 2 aliphatic heterocycles. The molecule has 0 saturated carbocycles. The van der Waals surface area contributed by atoms with E-state index in [0.29, 0.717) is 6.42 Å². The van der Waals surface area contributed by atoms with Crippen molar-refractivity contribution in [3.05, 3.63) is 23.8 Å². The van der Waals surface area contributed by atoms with Crippen LogP contribution in [0.4, 0.5) is 0 Å². The highest BCUT2D eigenvalue weighted by Crippen LogP contribution is 2.32. The van der Waals surface area contributed by atoms with Crippen LogP contribution in [0, 0.1) is 0 Å². The normalized spacial score (nSPS) is 21.8. The third-order valence-corrected chi connectivity index (χ3v) is 3.26. The van der Waals surface area contributed by atoms with E-state index in [1.807, 2.05) is 18.2 Å². The van der Waals surface area contributed by atoms with Crippen molar-refractivity contribution in [2.24, 2.45) is 0 Å². The van der Waals surface area contributed by atoms with Crippen LogP contribution < -0.4 is 14.8 Å². The first-order chi connectivity index (χ1) is 8.33. The molecule has 2 heterocycles. The molecule has 1 aromatic carbocycles. The molecular weight excluding hydrogens is 218 g/mol. The van der Waals surface area contributed by atoms with Crippen molar-refractivity contribution in [3.8, 4) is 11.5 Å². The molecule has 0 aliphatic carbocycles. The lowest BCUT2D eigenvalue weighted by Gasteiger charge is -2.09. The quantitative estimate of drug-likeness (QED) is 0.854. The van der Waals surface area contributed by atoms with E-state index in [1.54, 1.807) is 0 Å². The number of hydrogen-bond donors (Lipinski definition) is 1. The van der Waals surface area contributed by atoms with Crippen LogP contribution in [-0.2, 0) is 11.2 Å². The standard InChI is InChI=1S/C13H15NO3/c15-11(10-2-1-5-14-10)6-9-3-4-12-13(7-9)17-8-16-12/h3-4,7,10,14H,1-2,5-6,8H2. The van der Waals surface area contributed by atoms with E-state index < -0.39 is 0 Å². The highest BCUT2D eigenvalue weighted by molar-refractivity contribution is 5.86. The Kier molecular flexibility index (Phi) is 2.73. The van der Waals surface area contributed by atoms with Crippen molar-refractivity contribution in [2.75, 3.05) is 13.3 Å². The van der Waals surface area contributed by atoms with Gasteiger partial charge in [-0.15, -0.1) is 0 Å². The summed E-state index contributed by atoms with van der Waals surface area (Å²) >= 11 is 0. The molecule has 0 aromatic heterocycles. The molecule has 0 radical (unpaired) electrons. The second kappa shape index (κ2) is 4.37. The second-order valence-corrected chi connectivity index (χ2v) is 4.48. The minimum absolute atomic E-state index is 0.0421. The van der Waals surface area contributed by atoms with Crippen LogP contribution in [0.3, 0.4) is 0 Å². The van der Waals surface area contributed by atoms with E-state index in [9.17, 15) is 4.79 Å². The number of rotatable bonds is 3. The fourth-order valence-corrected chi connectivity index (χ4v) is 2.33. The number of ether oxygens (including phenoxy) is 2. The summed E-state index contributed by atoms with van der Waals surface area (Å²) in [7, 11) is 0. The number of carbonyl (C=O) groups is 1. The predicted molar refractivity (Wildman–Crippen MR) is 62.3 cm³/mol. The zero-order valence-corrected chi connectivity index (χ0v) is 9.57. The maximum atomic E-state index is 12.0. The first-order valence-electron chi connectivity index (χ1n) is 5.97. The van der Waals surface area contributed by atoms with Gasteiger partial charge in [-0.1, -0.05) is 6.07 Å². The molecule has 1 atom stereocenters. The zero-order chi connectivity index (χ0) is 11.7. The summed E-state index contributed by atoms with van der Waals surface area (Å²) in [6.45, 7) is 1.23. The molecule has 17 heavy (non-hydrogen) atoms. The van der Waals surface area contributed by atoms with Gasteiger partial charge < -0.3 is 14.8 Å². The van der Waals surface area contributed by atoms with Crippen LogP contribution >= 0.6 is 0 Å². The molecule has 0 amide bonds. The van der Waals surface area contributed by atoms with Crippen LogP contribution in [-0.4, -0.2) is 25.2 Å². The maximum absolute atomic E-state index is 12.0. The molecule has 90 valence electrons. The summed E-state index contributed by atoms with van der Waals surface area (Å²) < 4.78 is 10.5. The van der Waals surface area contributed by atoms with Crippen molar-refractivity contribution in [3.63, 3.8) is 0 Å². The Morgan fingerprint density at radius 2 is 2.24 bits per heavy atom. The minimum Gasteiger partial charge on any atom is -0.454 e. The SMILES string of the molecule is O=C(Cc1ccc2c(c1)OCO2)C1CCCN1. The van der Waals surface area contributed by atoms with E-state index in [0.717, 1.165) is 36.4 Å². The summed E-state index contributed by atoms with van der Waals surface area (Å²) in [5.41, 5.74) is 0.993. The lowest BCUT2D eigenvalue weighted by Crippen LogP contribution is -2.31. The van der Waals surface area contributed by atoms with Crippen molar-refractivity contribution in [1.29, 1.82) is 0 Å². The summed E-state index contributed by atoms with van der Waals surface area (Å²) in [5, 5.41) is 3.22. The van der Waals surface area contributed by atoms with Crippen molar-refractivity contribution >= 4 is 5.78 Å². The van der Waals surface area contributed by atoms with Crippen molar-refractivity contribution < 1.29 is 14.3 Å². The molecule has 3 rings (SSSR count). The number of carbonyl (C=O) groups excluding carboxylic acids is 1. The van der Waals surface area contributed by atoms with E-state index in [2.05, 4.69) is 5.32 Å². The lowest BCUT2D eigenvalue weighted by atomic mass is 10.0.